The highest BCUT2D eigenvalue weighted by Crippen LogP contribution is 2.25. The zero-order valence-electron chi connectivity index (χ0n) is 14.4. The van der Waals surface area contributed by atoms with Crippen molar-refractivity contribution in [2.75, 3.05) is 13.1 Å². The summed E-state index contributed by atoms with van der Waals surface area (Å²) < 4.78 is 5.06. The molecule has 0 aromatic carbocycles. The second kappa shape index (κ2) is 6.99. The third-order valence-electron chi connectivity index (χ3n) is 4.46. The Hall–Kier alpha value is -3.16. The van der Waals surface area contributed by atoms with Gasteiger partial charge in [-0.15, -0.1) is 0 Å². The van der Waals surface area contributed by atoms with Gasteiger partial charge in [0, 0.05) is 48.7 Å². The van der Waals surface area contributed by atoms with Gasteiger partial charge in [-0.2, -0.15) is 4.98 Å². The summed E-state index contributed by atoms with van der Waals surface area (Å²) in [7, 11) is 0. The Labute approximate surface area is 150 Å². The molecule has 4 rings (SSSR count). The van der Waals surface area contributed by atoms with Crippen LogP contribution in [0.25, 0.3) is 11.3 Å². The molecule has 26 heavy (non-hydrogen) atoms. The predicted molar refractivity (Wildman–Crippen MR) is 92.0 cm³/mol. The maximum Gasteiger partial charge on any atom is 0.236 e. The second-order valence-electron chi connectivity index (χ2n) is 6.18. The molecule has 3 aromatic rings. The lowest BCUT2D eigenvalue weighted by Crippen LogP contribution is -2.34. The number of carbonyl (C=O) groups is 1. The van der Waals surface area contributed by atoms with Crippen molar-refractivity contribution in [1.29, 1.82) is 0 Å². The van der Waals surface area contributed by atoms with Crippen LogP contribution in [0.15, 0.2) is 35.4 Å². The molecule has 0 spiro atoms. The quantitative estimate of drug-likeness (QED) is 0.704. The van der Waals surface area contributed by atoms with Crippen molar-refractivity contribution in [2.24, 2.45) is 0 Å². The number of rotatable bonds is 3. The Balaban J connectivity index is 1.53. The van der Waals surface area contributed by atoms with E-state index in [2.05, 4.69) is 25.1 Å². The minimum Gasteiger partial charge on any atom is -0.342 e. The van der Waals surface area contributed by atoms with Gasteiger partial charge < -0.3 is 9.42 Å². The number of carbonyl (C=O) groups excluding carboxylic acids is 1. The summed E-state index contributed by atoms with van der Waals surface area (Å²) in [6.45, 7) is 2.97. The van der Waals surface area contributed by atoms with Crippen LogP contribution in [-0.2, 0) is 24.1 Å². The SMILES string of the molecule is Cc1noc(CC(=O)N2CCc3ncnc(-c4ccncc4)c3CC2)n1. The van der Waals surface area contributed by atoms with Gasteiger partial charge in [-0.3, -0.25) is 9.78 Å². The minimum absolute atomic E-state index is 0.0140. The summed E-state index contributed by atoms with van der Waals surface area (Å²) in [4.78, 5) is 31.5. The number of fused-ring (bicyclic) bond motifs is 1. The van der Waals surface area contributed by atoms with Crippen LogP contribution in [0.2, 0.25) is 0 Å². The van der Waals surface area contributed by atoms with E-state index in [0.29, 0.717) is 37.6 Å². The van der Waals surface area contributed by atoms with Gasteiger partial charge in [-0.25, -0.2) is 9.97 Å². The van der Waals surface area contributed by atoms with Crippen LogP contribution in [0.4, 0.5) is 0 Å². The van der Waals surface area contributed by atoms with Crippen LogP contribution in [-0.4, -0.2) is 49.0 Å². The van der Waals surface area contributed by atoms with E-state index in [1.165, 1.54) is 0 Å². The summed E-state index contributed by atoms with van der Waals surface area (Å²) in [5, 5.41) is 3.73. The average molecular weight is 350 g/mol. The molecule has 8 heteroatoms. The van der Waals surface area contributed by atoms with Crippen LogP contribution in [0.5, 0.6) is 0 Å². The van der Waals surface area contributed by atoms with Crippen molar-refractivity contribution < 1.29 is 9.32 Å². The van der Waals surface area contributed by atoms with Gasteiger partial charge in [0.1, 0.15) is 12.7 Å². The highest BCUT2D eigenvalue weighted by Gasteiger charge is 2.23. The maximum atomic E-state index is 12.6. The maximum absolute atomic E-state index is 12.6. The standard InChI is InChI=1S/C18H18N6O2/c1-12-22-16(26-23-12)10-17(25)24-8-4-14-15(5-9-24)20-11-21-18(14)13-2-6-19-7-3-13/h2-3,6-7,11H,4-5,8-10H2,1H3. The third kappa shape index (κ3) is 3.30. The fourth-order valence-corrected chi connectivity index (χ4v) is 3.19. The van der Waals surface area contributed by atoms with E-state index in [4.69, 9.17) is 4.52 Å². The van der Waals surface area contributed by atoms with Crippen molar-refractivity contribution in [2.45, 2.75) is 26.2 Å². The zero-order valence-corrected chi connectivity index (χ0v) is 14.4. The first-order chi connectivity index (χ1) is 12.7. The smallest absolute Gasteiger partial charge is 0.236 e. The molecule has 3 aromatic heterocycles. The fourth-order valence-electron chi connectivity index (χ4n) is 3.19. The van der Waals surface area contributed by atoms with Gasteiger partial charge in [0.15, 0.2) is 5.82 Å². The normalized spacial score (nSPS) is 14.0. The summed E-state index contributed by atoms with van der Waals surface area (Å²) >= 11 is 0. The Morgan fingerprint density at radius 1 is 1.19 bits per heavy atom. The number of hydrogen-bond donors (Lipinski definition) is 0. The van der Waals surface area contributed by atoms with E-state index in [-0.39, 0.29) is 12.3 Å². The average Bonchev–Trinajstić information content (AvgIpc) is 2.94. The Kier molecular flexibility index (Phi) is 4.39. The molecular weight excluding hydrogens is 332 g/mol. The largest absolute Gasteiger partial charge is 0.342 e. The number of amides is 1. The second-order valence-corrected chi connectivity index (χ2v) is 6.18. The monoisotopic (exact) mass is 350 g/mol. The number of hydrogen-bond acceptors (Lipinski definition) is 7. The molecule has 0 saturated heterocycles. The topological polar surface area (TPSA) is 97.9 Å². The molecule has 4 heterocycles. The Bertz CT molecular complexity index is 924. The lowest BCUT2D eigenvalue weighted by Gasteiger charge is -2.19. The van der Waals surface area contributed by atoms with Crippen molar-refractivity contribution in [3.8, 4) is 11.3 Å². The van der Waals surface area contributed by atoms with Crippen molar-refractivity contribution in [1.82, 2.24) is 30.0 Å². The van der Waals surface area contributed by atoms with Crippen molar-refractivity contribution >= 4 is 5.91 Å². The molecule has 1 aliphatic heterocycles. The molecule has 132 valence electrons. The zero-order chi connectivity index (χ0) is 17.9. The van der Waals surface area contributed by atoms with Crippen LogP contribution < -0.4 is 0 Å². The van der Waals surface area contributed by atoms with E-state index in [1.807, 2.05) is 17.0 Å². The summed E-state index contributed by atoms with van der Waals surface area (Å²) in [6.07, 6.45) is 6.63. The van der Waals surface area contributed by atoms with E-state index >= 15 is 0 Å². The molecule has 0 aliphatic carbocycles. The molecule has 1 aliphatic rings. The number of aryl methyl sites for hydroxylation is 1. The molecule has 0 bridgehead atoms. The van der Waals surface area contributed by atoms with Crippen LogP contribution >= 0.6 is 0 Å². The van der Waals surface area contributed by atoms with Gasteiger partial charge in [-0.1, -0.05) is 5.16 Å². The van der Waals surface area contributed by atoms with E-state index in [9.17, 15) is 4.79 Å². The van der Waals surface area contributed by atoms with E-state index in [0.717, 1.165) is 22.5 Å². The first-order valence-corrected chi connectivity index (χ1v) is 8.51. The number of nitrogens with zero attached hydrogens (tertiary/aromatic N) is 6. The molecule has 0 N–H and O–H groups in total. The Morgan fingerprint density at radius 3 is 2.77 bits per heavy atom. The van der Waals surface area contributed by atoms with Gasteiger partial charge >= 0.3 is 0 Å². The van der Waals surface area contributed by atoms with Gasteiger partial charge in [0.2, 0.25) is 11.8 Å². The minimum atomic E-state index is -0.0140. The number of aromatic nitrogens is 5. The highest BCUT2D eigenvalue weighted by atomic mass is 16.5. The van der Waals surface area contributed by atoms with Crippen LogP contribution in [0.1, 0.15) is 23.0 Å². The molecule has 8 nitrogen and oxygen atoms in total. The van der Waals surface area contributed by atoms with Gasteiger partial charge in [-0.05, 0) is 25.5 Å². The first kappa shape index (κ1) is 16.3. The predicted octanol–water partition coefficient (Wildman–Crippen LogP) is 1.40. The summed E-state index contributed by atoms with van der Waals surface area (Å²) in [6, 6.07) is 3.88. The van der Waals surface area contributed by atoms with Gasteiger partial charge in [0.25, 0.3) is 0 Å². The molecule has 0 atom stereocenters. The molecule has 1 amide bonds. The molecule has 0 saturated carbocycles. The molecule has 0 radical (unpaired) electrons. The fraction of sp³-hybridized carbons (Fsp3) is 0.333. The summed E-state index contributed by atoms with van der Waals surface area (Å²) in [5.41, 5.74) is 4.03. The Morgan fingerprint density at radius 2 is 2.00 bits per heavy atom. The number of pyridine rings is 1. The third-order valence-corrected chi connectivity index (χ3v) is 4.46. The first-order valence-electron chi connectivity index (χ1n) is 8.51. The van der Waals surface area contributed by atoms with Crippen LogP contribution in [0.3, 0.4) is 0 Å². The lowest BCUT2D eigenvalue weighted by atomic mass is 10.0. The molecule has 0 unspecified atom stereocenters. The summed E-state index contributed by atoms with van der Waals surface area (Å²) in [5.74, 6) is 0.875. The van der Waals surface area contributed by atoms with E-state index in [1.54, 1.807) is 25.6 Å². The van der Waals surface area contributed by atoms with Crippen molar-refractivity contribution in [3.63, 3.8) is 0 Å². The van der Waals surface area contributed by atoms with E-state index < -0.39 is 0 Å². The van der Waals surface area contributed by atoms with Gasteiger partial charge in [0.05, 0.1) is 5.69 Å². The molecule has 0 fully saturated rings. The molecular formula is C18H18N6O2. The lowest BCUT2D eigenvalue weighted by molar-refractivity contribution is -0.130. The van der Waals surface area contributed by atoms with Crippen LogP contribution in [0, 0.1) is 6.92 Å². The highest BCUT2D eigenvalue weighted by molar-refractivity contribution is 5.78. The van der Waals surface area contributed by atoms with Crippen molar-refractivity contribution in [3.05, 3.63) is 53.8 Å².